The third-order valence-corrected chi connectivity index (χ3v) is 5.06. The van der Waals surface area contributed by atoms with Gasteiger partial charge in [0.1, 0.15) is 0 Å². The van der Waals surface area contributed by atoms with Crippen molar-refractivity contribution in [2.24, 2.45) is 0 Å². The fourth-order valence-electron chi connectivity index (χ4n) is 3.70. The number of carbonyl (C=O) groups excluding carboxylic acids is 1. The summed E-state index contributed by atoms with van der Waals surface area (Å²) in [6.45, 7) is 5.44. The normalized spacial score (nSPS) is 22.6. The molecule has 2 aliphatic heterocycles. The Morgan fingerprint density at radius 3 is 2.71 bits per heavy atom. The molecule has 2 atom stereocenters. The van der Waals surface area contributed by atoms with Gasteiger partial charge in [-0.05, 0) is 30.5 Å². The van der Waals surface area contributed by atoms with E-state index in [1.807, 2.05) is 33.8 Å². The molecule has 1 aromatic carbocycles. The predicted molar refractivity (Wildman–Crippen MR) is 91.8 cm³/mol. The number of hydrogen-bond acceptors (Lipinski definition) is 3. The van der Waals surface area contributed by atoms with Gasteiger partial charge in [-0.2, -0.15) is 5.10 Å². The summed E-state index contributed by atoms with van der Waals surface area (Å²) in [7, 11) is 0. The number of benzene rings is 1. The fourth-order valence-corrected chi connectivity index (χ4v) is 3.89. The Morgan fingerprint density at radius 2 is 2.08 bits per heavy atom. The molecule has 0 N–H and O–H groups in total. The molecule has 2 saturated heterocycles. The Balaban J connectivity index is 1.73. The average molecular weight is 346 g/mol. The number of nitrogens with zero attached hydrogens (tertiary/aromatic N) is 3. The molecular weight excluding hydrogens is 326 g/mol. The first-order valence-electron chi connectivity index (χ1n) is 8.30. The van der Waals surface area contributed by atoms with Gasteiger partial charge >= 0.3 is 0 Å². The lowest BCUT2D eigenvalue weighted by Gasteiger charge is -2.52. The SMILES string of the molecule is CC(C)c1c(C(=O)N2C3COCC2C3)cnn1-c1cccc(Cl)c1. The molecule has 2 unspecified atom stereocenters. The van der Waals surface area contributed by atoms with E-state index in [0.717, 1.165) is 17.8 Å². The summed E-state index contributed by atoms with van der Waals surface area (Å²) in [4.78, 5) is 15.0. The van der Waals surface area contributed by atoms with Crippen LogP contribution in [0.1, 0.15) is 42.2 Å². The molecule has 0 saturated carbocycles. The predicted octanol–water partition coefficient (Wildman–Crippen LogP) is 3.26. The largest absolute Gasteiger partial charge is 0.377 e. The van der Waals surface area contributed by atoms with Crippen molar-refractivity contribution in [1.29, 1.82) is 0 Å². The lowest BCUT2D eigenvalue weighted by molar-refractivity contribution is -0.104. The molecule has 5 nitrogen and oxygen atoms in total. The molecule has 0 spiro atoms. The van der Waals surface area contributed by atoms with E-state index in [1.165, 1.54) is 0 Å². The zero-order valence-corrected chi connectivity index (χ0v) is 14.5. The van der Waals surface area contributed by atoms with Gasteiger partial charge in [0.2, 0.25) is 0 Å². The Morgan fingerprint density at radius 1 is 1.33 bits per heavy atom. The zero-order chi connectivity index (χ0) is 16.8. The summed E-state index contributed by atoms with van der Waals surface area (Å²) >= 11 is 6.11. The number of rotatable bonds is 3. The topological polar surface area (TPSA) is 47.4 Å². The standard InChI is InChI=1S/C18H20ClN3O2/c1-11(2)17-16(18(23)21-14-7-15(21)10-24-9-14)8-20-22(17)13-5-3-4-12(19)6-13/h3-6,8,11,14-15H,7,9-10H2,1-2H3. The van der Waals surface area contributed by atoms with E-state index < -0.39 is 0 Å². The van der Waals surface area contributed by atoms with Crippen LogP contribution in [0.15, 0.2) is 30.5 Å². The highest BCUT2D eigenvalue weighted by molar-refractivity contribution is 6.30. The molecule has 2 aromatic rings. The van der Waals surface area contributed by atoms with Gasteiger partial charge < -0.3 is 9.64 Å². The molecule has 24 heavy (non-hydrogen) atoms. The van der Waals surface area contributed by atoms with E-state index in [-0.39, 0.29) is 23.9 Å². The minimum absolute atomic E-state index is 0.0662. The van der Waals surface area contributed by atoms with Crippen LogP contribution in [0.4, 0.5) is 0 Å². The van der Waals surface area contributed by atoms with Crippen molar-refractivity contribution in [1.82, 2.24) is 14.7 Å². The number of morpholine rings is 1. The molecule has 6 heteroatoms. The van der Waals surface area contributed by atoms with Crippen LogP contribution in [-0.4, -0.2) is 45.9 Å². The first kappa shape index (κ1) is 15.7. The number of ether oxygens (including phenoxy) is 1. The van der Waals surface area contributed by atoms with Gasteiger partial charge in [-0.1, -0.05) is 31.5 Å². The van der Waals surface area contributed by atoms with Gasteiger partial charge in [-0.15, -0.1) is 0 Å². The van der Waals surface area contributed by atoms with E-state index in [0.29, 0.717) is 23.8 Å². The van der Waals surface area contributed by atoms with E-state index in [1.54, 1.807) is 6.20 Å². The summed E-state index contributed by atoms with van der Waals surface area (Å²) < 4.78 is 7.31. The van der Waals surface area contributed by atoms with Crippen LogP contribution in [0.25, 0.3) is 5.69 Å². The molecular formula is C18H20ClN3O2. The Labute approximate surface area is 146 Å². The summed E-state index contributed by atoms with van der Waals surface area (Å²) in [6.07, 6.45) is 2.73. The molecule has 0 radical (unpaired) electrons. The van der Waals surface area contributed by atoms with Crippen LogP contribution in [-0.2, 0) is 4.74 Å². The van der Waals surface area contributed by atoms with E-state index in [2.05, 4.69) is 18.9 Å². The van der Waals surface area contributed by atoms with Crippen LogP contribution >= 0.6 is 11.6 Å². The first-order chi connectivity index (χ1) is 11.6. The van der Waals surface area contributed by atoms with Crippen molar-refractivity contribution < 1.29 is 9.53 Å². The van der Waals surface area contributed by atoms with Crippen LogP contribution < -0.4 is 0 Å². The molecule has 0 aliphatic carbocycles. The molecule has 3 heterocycles. The summed E-state index contributed by atoms with van der Waals surface area (Å²) in [5.41, 5.74) is 2.48. The van der Waals surface area contributed by atoms with E-state index in [4.69, 9.17) is 16.3 Å². The lowest BCUT2D eigenvalue weighted by atomic mass is 9.90. The zero-order valence-electron chi connectivity index (χ0n) is 13.8. The van der Waals surface area contributed by atoms with E-state index in [9.17, 15) is 4.79 Å². The smallest absolute Gasteiger partial charge is 0.258 e. The molecule has 4 rings (SSSR count). The maximum atomic E-state index is 13.1. The molecule has 1 amide bonds. The van der Waals surface area contributed by atoms with Gasteiger partial charge in [0.05, 0.1) is 48.4 Å². The summed E-state index contributed by atoms with van der Waals surface area (Å²) in [6, 6.07) is 7.96. The highest BCUT2D eigenvalue weighted by atomic mass is 35.5. The van der Waals surface area contributed by atoms with Crippen molar-refractivity contribution in [2.75, 3.05) is 13.2 Å². The molecule has 2 bridgehead atoms. The number of aromatic nitrogens is 2. The van der Waals surface area contributed by atoms with Crippen LogP contribution in [0, 0.1) is 0 Å². The highest BCUT2D eigenvalue weighted by Crippen LogP contribution is 2.34. The van der Waals surface area contributed by atoms with Crippen LogP contribution in [0.3, 0.4) is 0 Å². The number of halogens is 1. The summed E-state index contributed by atoms with van der Waals surface area (Å²) in [5.74, 6) is 0.235. The molecule has 2 aliphatic rings. The van der Waals surface area contributed by atoms with Crippen LogP contribution in [0.5, 0.6) is 0 Å². The lowest BCUT2D eigenvalue weighted by Crippen LogP contribution is -2.65. The first-order valence-corrected chi connectivity index (χ1v) is 8.68. The maximum Gasteiger partial charge on any atom is 0.258 e. The Bertz CT molecular complexity index is 772. The summed E-state index contributed by atoms with van der Waals surface area (Å²) in [5, 5.41) is 5.14. The van der Waals surface area contributed by atoms with Gasteiger partial charge in [0, 0.05) is 5.02 Å². The average Bonchev–Trinajstić information content (AvgIpc) is 3.00. The minimum atomic E-state index is 0.0662. The molecule has 126 valence electrons. The maximum absolute atomic E-state index is 13.1. The third kappa shape index (κ3) is 2.43. The number of carbonyl (C=O) groups is 1. The van der Waals surface area contributed by atoms with Crippen molar-refractivity contribution in [2.45, 2.75) is 38.3 Å². The number of amides is 1. The number of hydrogen-bond donors (Lipinski definition) is 0. The number of fused-ring (bicyclic) bond motifs is 2. The van der Waals surface area contributed by atoms with Crippen LogP contribution in [0.2, 0.25) is 5.02 Å². The monoisotopic (exact) mass is 345 g/mol. The Hall–Kier alpha value is -1.85. The van der Waals surface area contributed by atoms with E-state index >= 15 is 0 Å². The molecule has 2 fully saturated rings. The minimum Gasteiger partial charge on any atom is -0.377 e. The van der Waals surface area contributed by atoms with Gasteiger partial charge in [0.25, 0.3) is 5.91 Å². The third-order valence-electron chi connectivity index (χ3n) is 4.82. The second-order valence-electron chi connectivity index (χ2n) is 6.78. The quantitative estimate of drug-likeness (QED) is 0.857. The highest BCUT2D eigenvalue weighted by Gasteiger charge is 2.46. The Kier molecular flexibility index (Phi) is 3.85. The molecule has 1 aromatic heterocycles. The van der Waals surface area contributed by atoms with Crippen molar-refractivity contribution in [3.05, 3.63) is 46.7 Å². The van der Waals surface area contributed by atoms with Gasteiger partial charge in [0.15, 0.2) is 0 Å². The second kappa shape index (κ2) is 5.90. The second-order valence-corrected chi connectivity index (χ2v) is 7.22. The van der Waals surface area contributed by atoms with Crippen molar-refractivity contribution in [3.63, 3.8) is 0 Å². The van der Waals surface area contributed by atoms with Crippen molar-refractivity contribution >= 4 is 17.5 Å². The van der Waals surface area contributed by atoms with Gasteiger partial charge in [-0.25, -0.2) is 4.68 Å². The van der Waals surface area contributed by atoms with Crippen molar-refractivity contribution in [3.8, 4) is 5.69 Å². The fraction of sp³-hybridized carbons (Fsp3) is 0.444. The van der Waals surface area contributed by atoms with Gasteiger partial charge in [-0.3, -0.25) is 4.79 Å².